The van der Waals surface area contributed by atoms with Crippen molar-refractivity contribution in [1.82, 2.24) is 19.8 Å². The van der Waals surface area contributed by atoms with E-state index in [0.29, 0.717) is 37.1 Å². The van der Waals surface area contributed by atoms with Crippen molar-refractivity contribution >= 4 is 23.8 Å². The van der Waals surface area contributed by atoms with E-state index in [4.69, 9.17) is 9.84 Å². The predicted octanol–water partition coefficient (Wildman–Crippen LogP) is 3.20. The fourth-order valence-corrected chi connectivity index (χ4v) is 4.67. The molecule has 1 aromatic carbocycles. The first kappa shape index (κ1) is 27.4. The van der Waals surface area contributed by atoms with Crippen LogP contribution in [0.3, 0.4) is 0 Å². The molecule has 0 spiro atoms. The highest BCUT2D eigenvalue weighted by atomic mass is 16.5. The van der Waals surface area contributed by atoms with Crippen LogP contribution in [0.25, 0.3) is 0 Å². The number of likely N-dealkylation sites (tertiary alicyclic amines) is 2. The highest BCUT2D eigenvalue weighted by molar-refractivity contribution is 5.97. The molecule has 2 atom stereocenters. The van der Waals surface area contributed by atoms with Crippen molar-refractivity contribution in [2.75, 3.05) is 13.1 Å². The zero-order valence-corrected chi connectivity index (χ0v) is 21.4. The molecule has 0 aliphatic carbocycles. The van der Waals surface area contributed by atoms with Gasteiger partial charge in [0.1, 0.15) is 18.7 Å². The second kappa shape index (κ2) is 13.3. The van der Waals surface area contributed by atoms with E-state index in [1.54, 1.807) is 41.6 Å². The van der Waals surface area contributed by atoms with Gasteiger partial charge in [0.25, 0.3) is 11.8 Å². The number of rotatable bonds is 6. The van der Waals surface area contributed by atoms with Crippen molar-refractivity contribution in [3.63, 3.8) is 0 Å². The summed E-state index contributed by atoms with van der Waals surface area (Å²) in [6, 6.07) is 14.9. The molecule has 2 amide bonds. The summed E-state index contributed by atoms with van der Waals surface area (Å²) in [6.45, 7) is 1.32. The third kappa shape index (κ3) is 7.04. The number of nitrogens with zero attached hydrogens (tertiary/aromatic N) is 4. The second-order valence-electron chi connectivity index (χ2n) is 9.22. The molecule has 0 saturated carbocycles. The molecule has 2 saturated heterocycles. The third-order valence-electron chi connectivity index (χ3n) is 6.66. The molecule has 2 aliphatic rings. The van der Waals surface area contributed by atoms with Crippen LogP contribution in [0.2, 0.25) is 0 Å². The average Bonchev–Trinajstić information content (AvgIpc) is 3.68. The van der Waals surface area contributed by atoms with Crippen LogP contribution in [-0.2, 0) is 20.9 Å². The predicted molar refractivity (Wildman–Crippen MR) is 140 cm³/mol. The smallest absolute Gasteiger partial charge is 0.329 e. The van der Waals surface area contributed by atoms with Gasteiger partial charge in [0.15, 0.2) is 0 Å². The van der Waals surface area contributed by atoms with E-state index in [1.807, 2.05) is 30.3 Å². The summed E-state index contributed by atoms with van der Waals surface area (Å²) in [6.07, 6.45) is 8.93. The topological polar surface area (TPSA) is 130 Å². The quantitative estimate of drug-likeness (QED) is 0.481. The van der Waals surface area contributed by atoms with Gasteiger partial charge >= 0.3 is 11.9 Å². The molecule has 202 valence electrons. The minimum atomic E-state index is -0.931. The molecule has 4 heterocycles. The highest BCUT2D eigenvalue weighted by Crippen LogP contribution is 2.22. The van der Waals surface area contributed by atoms with Crippen molar-refractivity contribution in [2.45, 2.75) is 44.4 Å². The van der Waals surface area contributed by atoms with E-state index in [2.05, 4.69) is 9.97 Å². The SMILES string of the molecule is O=C(O)C1CCCN1C(=O)c1ccncc1.O=C(OCc1ccccc1)C1CCCN1C(=O)c1ccncc1. The Hall–Kier alpha value is -4.60. The lowest BCUT2D eigenvalue weighted by Crippen LogP contribution is -2.41. The van der Waals surface area contributed by atoms with E-state index < -0.39 is 18.1 Å². The molecule has 5 rings (SSSR count). The summed E-state index contributed by atoms with van der Waals surface area (Å²) in [5, 5.41) is 8.97. The van der Waals surface area contributed by atoms with Gasteiger partial charge in [-0.25, -0.2) is 9.59 Å². The first-order chi connectivity index (χ1) is 19.0. The third-order valence-corrected chi connectivity index (χ3v) is 6.66. The maximum Gasteiger partial charge on any atom is 0.329 e. The maximum atomic E-state index is 12.5. The number of aromatic nitrogens is 2. The lowest BCUT2D eigenvalue weighted by Gasteiger charge is -2.23. The summed E-state index contributed by atoms with van der Waals surface area (Å²) < 4.78 is 5.38. The molecule has 2 aromatic heterocycles. The minimum absolute atomic E-state index is 0.147. The van der Waals surface area contributed by atoms with Crippen LogP contribution in [-0.4, -0.2) is 73.8 Å². The molecule has 2 aliphatic heterocycles. The Bertz CT molecular complexity index is 1270. The Labute approximate surface area is 226 Å². The number of aliphatic carboxylic acids is 1. The van der Waals surface area contributed by atoms with Gasteiger partial charge in [-0.3, -0.25) is 19.6 Å². The molecule has 39 heavy (non-hydrogen) atoms. The van der Waals surface area contributed by atoms with Gasteiger partial charge in [0.05, 0.1) is 0 Å². The van der Waals surface area contributed by atoms with E-state index in [1.165, 1.54) is 17.3 Å². The number of carboxylic acids is 1. The molecule has 2 fully saturated rings. The number of carbonyl (C=O) groups is 4. The Morgan fingerprint density at radius 3 is 1.74 bits per heavy atom. The molecule has 3 aromatic rings. The summed E-state index contributed by atoms with van der Waals surface area (Å²) in [4.78, 5) is 58.5. The molecule has 1 N–H and O–H groups in total. The van der Waals surface area contributed by atoms with Gasteiger partial charge in [-0.1, -0.05) is 30.3 Å². The zero-order chi connectivity index (χ0) is 27.6. The van der Waals surface area contributed by atoms with Crippen molar-refractivity contribution in [1.29, 1.82) is 0 Å². The lowest BCUT2D eigenvalue weighted by molar-refractivity contribution is -0.149. The molecular formula is C29H30N4O6. The van der Waals surface area contributed by atoms with Gasteiger partial charge in [-0.15, -0.1) is 0 Å². The highest BCUT2D eigenvalue weighted by Gasteiger charge is 2.36. The summed E-state index contributed by atoms with van der Waals surface area (Å²) in [5.41, 5.74) is 1.97. The van der Waals surface area contributed by atoms with Crippen LogP contribution >= 0.6 is 0 Å². The molecule has 0 bridgehead atoms. The lowest BCUT2D eigenvalue weighted by atomic mass is 10.2. The van der Waals surface area contributed by atoms with Gasteiger partial charge < -0.3 is 19.6 Å². The van der Waals surface area contributed by atoms with Crippen LogP contribution in [0.4, 0.5) is 0 Å². The fourth-order valence-electron chi connectivity index (χ4n) is 4.67. The first-order valence-electron chi connectivity index (χ1n) is 12.8. The standard InChI is InChI=1S/C18H18N2O3.C11H12N2O3/c21-17(15-8-10-19-11-9-15)20-12-4-7-16(20)18(22)23-13-14-5-2-1-3-6-14;14-10(8-3-5-12-6-4-8)13-7-1-2-9(13)11(15)16/h1-3,5-6,8-11,16H,4,7,12-13H2;3-6,9H,1-2,7H2,(H,15,16). The number of benzene rings is 1. The van der Waals surface area contributed by atoms with Gasteiger partial charge in [0, 0.05) is 49.0 Å². The Morgan fingerprint density at radius 1 is 0.744 bits per heavy atom. The van der Waals surface area contributed by atoms with Crippen LogP contribution < -0.4 is 0 Å². The van der Waals surface area contributed by atoms with Gasteiger partial charge in [-0.05, 0) is 55.5 Å². The monoisotopic (exact) mass is 530 g/mol. The summed E-state index contributed by atoms with van der Waals surface area (Å²) >= 11 is 0. The first-order valence-corrected chi connectivity index (χ1v) is 12.8. The fraction of sp³-hybridized carbons (Fsp3) is 0.310. The van der Waals surface area contributed by atoms with Gasteiger partial charge in [0.2, 0.25) is 0 Å². The molecule has 10 nitrogen and oxygen atoms in total. The van der Waals surface area contributed by atoms with Gasteiger partial charge in [-0.2, -0.15) is 0 Å². The Balaban J connectivity index is 0.000000193. The van der Waals surface area contributed by atoms with Crippen LogP contribution in [0.15, 0.2) is 79.4 Å². The number of hydrogen-bond donors (Lipinski definition) is 1. The summed E-state index contributed by atoms with van der Waals surface area (Å²) in [5.74, 6) is -1.65. The number of amides is 2. The number of hydrogen-bond acceptors (Lipinski definition) is 7. The van der Waals surface area contributed by atoms with E-state index in [-0.39, 0.29) is 24.4 Å². The minimum Gasteiger partial charge on any atom is -0.480 e. The second-order valence-corrected chi connectivity index (χ2v) is 9.22. The van der Waals surface area contributed by atoms with Crippen molar-refractivity contribution in [3.05, 3.63) is 96.1 Å². The normalized spacial score (nSPS) is 18.2. The van der Waals surface area contributed by atoms with Crippen molar-refractivity contribution in [2.24, 2.45) is 0 Å². The zero-order valence-electron chi connectivity index (χ0n) is 21.4. The average molecular weight is 531 g/mol. The van der Waals surface area contributed by atoms with Crippen molar-refractivity contribution in [3.8, 4) is 0 Å². The van der Waals surface area contributed by atoms with Crippen LogP contribution in [0, 0.1) is 0 Å². The Morgan fingerprint density at radius 2 is 1.23 bits per heavy atom. The largest absolute Gasteiger partial charge is 0.480 e. The van der Waals surface area contributed by atoms with Crippen LogP contribution in [0.1, 0.15) is 52.0 Å². The molecule has 0 radical (unpaired) electrons. The number of carbonyl (C=O) groups excluding carboxylic acids is 3. The van der Waals surface area contributed by atoms with Crippen LogP contribution in [0.5, 0.6) is 0 Å². The van der Waals surface area contributed by atoms with E-state index in [0.717, 1.165) is 18.4 Å². The van der Waals surface area contributed by atoms with Crippen molar-refractivity contribution < 1.29 is 29.0 Å². The number of ether oxygens (including phenoxy) is 1. The number of carboxylic acid groups (broad SMARTS) is 1. The molecular weight excluding hydrogens is 500 g/mol. The molecule has 2 unspecified atom stereocenters. The summed E-state index contributed by atoms with van der Waals surface area (Å²) in [7, 11) is 0. The van der Waals surface area contributed by atoms with E-state index >= 15 is 0 Å². The Kier molecular flexibility index (Phi) is 9.34. The number of esters is 1. The maximum absolute atomic E-state index is 12.5. The number of pyridine rings is 2. The molecule has 10 heteroatoms. The van der Waals surface area contributed by atoms with E-state index in [9.17, 15) is 19.2 Å².